The normalized spacial score (nSPS) is 13.2. The number of fused-ring (bicyclic) bond motifs is 1. The Kier molecular flexibility index (Phi) is 8.48. The molecule has 0 aliphatic carbocycles. The van der Waals surface area contributed by atoms with Crippen LogP contribution in [-0.4, -0.2) is 17.9 Å². The zero-order valence-corrected chi connectivity index (χ0v) is 17.0. The van der Waals surface area contributed by atoms with Crippen LogP contribution in [0, 0.1) is 0 Å². The first-order valence-corrected chi connectivity index (χ1v) is 9.58. The molecule has 1 aliphatic heterocycles. The predicted octanol–water partition coefficient (Wildman–Crippen LogP) is 2.86. The fourth-order valence-corrected chi connectivity index (χ4v) is 3.35. The van der Waals surface area contributed by atoms with Gasteiger partial charge in [0.05, 0.1) is 6.42 Å². The molecule has 0 saturated carbocycles. The van der Waals surface area contributed by atoms with Crippen molar-refractivity contribution in [2.24, 2.45) is 0 Å². The zero-order chi connectivity index (χ0) is 19.1. The van der Waals surface area contributed by atoms with Gasteiger partial charge in [-0.3, -0.25) is 9.59 Å². The van der Waals surface area contributed by atoms with E-state index in [2.05, 4.69) is 34.1 Å². The second kappa shape index (κ2) is 10.8. The number of carbonyl (C=O) groups is 2. The van der Waals surface area contributed by atoms with Gasteiger partial charge < -0.3 is 16.0 Å². The lowest BCUT2D eigenvalue weighted by Gasteiger charge is -2.18. The van der Waals surface area contributed by atoms with Crippen molar-refractivity contribution in [3.63, 3.8) is 0 Å². The Bertz CT molecular complexity index is 796. The third-order valence-corrected chi connectivity index (χ3v) is 4.80. The zero-order valence-electron chi connectivity index (χ0n) is 16.2. The molecule has 28 heavy (non-hydrogen) atoms. The Morgan fingerprint density at radius 2 is 1.79 bits per heavy atom. The summed E-state index contributed by atoms with van der Waals surface area (Å²) in [5, 5.41) is 9.17. The molecule has 0 bridgehead atoms. The first kappa shape index (κ1) is 21.9. The number of carbonyl (C=O) groups excluding carboxylic acids is 2. The van der Waals surface area contributed by atoms with E-state index in [4.69, 9.17) is 0 Å². The molecule has 6 heteroatoms. The quantitative estimate of drug-likeness (QED) is 0.637. The van der Waals surface area contributed by atoms with E-state index in [1.54, 1.807) is 0 Å². The number of nitrogens with one attached hydrogen (secondary N) is 3. The van der Waals surface area contributed by atoms with Crippen molar-refractivity contribution < 1.29 is 9.59 Å². The Morgan fingerprint density at radius 3 is 2.54 bits per heavy atom. The summed E-state index contributed by atoms with van der Waals surface area (Å²) in [5.41, 5.74) is 4.64. The molecule has 0 spiro atoms. The largest absolute Gasteiger partial charge is 0.350 e. The van der Waals surface area contributed by atoms with Crippen molar-refractivity contribution in [1.82, 2.24) is 16.0 Å². The van der Waals surface area contributed by atoms with Crippen molar-refractivity contribution in [3.05, 3.63) is 70.8 Å². The smallest absolute Gasteiger partial charge is 0.242 e. The molecule has 0 saturated heterocycles. The fraction of sp³-hybridized carbons (Fsp3) is 0.364. The summed E-state index contributed by atoms with van der Waals surface area (Å²) >= 11 is 0. The van der Waals surface area contributed by atoms with Gasteiger partial charge in [0.2, 0.25) is 11.8 Å². The lowest BCUT2D eigenvalue weighted by molar-refractivity contribution is -0.129. The van der Waals surface area contributed by atoms with Gasteiger partial charge in [0.15, 0.2) is 0 Å². The second-order valence-corrected chi connectivity index (χ2v) is 7.00. The monoisotopic (exact) mass is 401 g/mol. The number of hydrogen-bond donors (Lipinski definition) is 3. The maximum absolute atomic E-state index is 12.6. The first-order valence-electron chi connectivity index (χ1n) is 9.58. The first-order chi connectivity index (χ1) is 13.2. The average Bonchev–Trinajstić information content (AvgIpc) is 3.14. The second-order valence-electron chi connectivity index (χ2n) is 7.00. The lowest BCUT2D eigenvalue weighted by atomic mass is 10.1. The summed E-state index contributed by atoms with van der Waals surface area (Å²) in [7, 11) is 0. The predicted molar refractivity (Wildman–Crippen MR) is 113 cm³/mol. The summed E-state index contributed by atoms with van der Waals surface area (Å²) < 4.78 is 0. The summed E-state index contributed by atoms with van der Waals surface area (Å²) in [6.45, 7) is 4.27. The molecule has 1 heterocycles. The Hall–Kier alpha value is -2.37. The van der Waals surface area contributed by atoms with Crippen molar-refractivity contribution in [3.8, 4) is 0 Å². The van der Waals surface area contributed by atoms with E-state index in [1.807, 2.05) is 37.3 Å². The summed E-state index contributed by atoms with van der Waals surface area (Å²) in [4.78, 5) is 24.9. The topological polar surface area (TPSA) is 70.2 Å². The molecule has 5 nitrogen and oxygen atoms in total. The molecule has 2 aromatic rings. The van der Waals surface area contributed by atoms with Crippen LogP contribution in [0.1, 0.15) is 42.0 Å². The van der Waals surface area contributed by atoms with Gasteiger partial charge in [-0.2, -0.15) is 0 Å². The minimum absolute atomic E-state index is 0. The molecule has 150 valence electrons. The van der Waals surface area contributed by atoms with E-state index in [9.17, 15) is 9.59 Å². The molecule has 2 amide bonds. The van der Waals surface area contributed by atoms with Gasteiger partial charge in [-0.05, 0) is 28.7 Å². The molecular formula is C22H28ClN3O2. The van der Waals surface area contributed by atoms with Crippen LogP contribution in [0.3, 0.4) is 0 Å². The van der Waals surface area contributed by atoms with Crippen LogP contribution in [0.5, 0.6) is 0 Å². The maximum atomic E-state index is 12.6. The molecule has 1 unspecified atom stereocenters. The molecule has 1 aliphatic rings. The van der Waals surface area contributed by atoms with Gasteiger partial charge in [0, 0.05) is 19.6 Å². The molecule has 0 fully saturated rings. The minimum Gasteiger partial charge on any atom is -0.350 e. The highest BCUT2D eigenvalue weighted by Crippen LogP contribution is 2.17. The standard InChI is InChI=1S/C22H27N3O2.ClH/c1-2-6-20(25-21(26)12-16-7-4-3-5-8-16)22(27)24-13-17-9-10-18-14-23-15-19(18)11-17;/h3-5,7-11,20,23H,2,6,12-15H2,1H3,(H,24,27)(H,25,26);1H. The molecular weight excluding hydrogens is 374 g/mol. The van der Waals surface area contributed by atoms with Gasteiger partial charge in [0.1, 0.15) is 6.04 Å². The van der Waals surface area contributed by atoms with Gasteiger partial charge in [-0.25, -0.2) is 0 Å². The van der Waals surface area contributed by atoms with Gasteiger partial charge in [0.25, 0.3) is 0 Å². The van der Waals surface area contributed by atoms with E-state index < -0.39 is 6.04 Å². The van der Waals surface area contributed by atoms with Crippen molar-refractivity contribution >= 4 is 24.2 Å². The van der Waals surface area contributed by atoms with Crippen LogP contribution in [0.4, 0.5) is 0 Å². The van der Waals surface area contributed by atoms with Crippen LogP contribution in [-0.2, 0) is 35.6 Å². The summed E-state index contributed by atoms with van der Waals surface area (Å²) in [6.07, 6.45) is 1.74. The SMILES string of the molecule is CCCC(NC(=O)Cc1ccccc1)C(=O)NCc1ccc2c(c1)CNC2.Cl. The lowest BCUT2D eigenvalue weighted by Crippen LogP contribution is -2.46. The van der Waals surface area contributed by atoms with E-state index >= 15 is 0 Å². The highest BCUT2D eigenvalue weighted by molar-refractivity contribution is 5.88. The number of benzene rings is 2. The van der Waals surface area contributed by atoms with E-state index in [0.717, 1.165) is 30.6 Å². The van der Waals surface area contributed by atoms with Crippen molar-refractivity contribution in [1.29, 1.82) is 0 Å². The van der Waals surface area contributed by atoms with Gasteiger partial charge in [-0.1, -0.05) is 61.9 Å². The van der Waals surface area contributed by atoms with Crippen LogP contribution in [0.15, 0.2) is 48.5 Å². The number of hydrogen-bond acceptors (Lipinski definition) is 3. The van der Waals surface area contributed by atoms with E-state index in [-0.39, 0.29) is 30.6 Å². The fourth-order valence-electron chi connectivity index (χ4n) is 3.35. The molecule has 0 radical (unpaired) electrons. The van der Waals surface area contributed by atoms with Gasteiger partial charge in [-0.15, -0.1) is 12.4 Å². The van der Waals surface area contributed by atoms with E-state index in [1.165, 1.54) is 11.1 Å². The molecule has 3 rings (SSSR count). The molecule has 1 atom stereocenters. The molecule has 0 aromatic heterocycles. The summed E-state index contributed by atoms with van der Waals surface area (Å²) in [6, 6.07) is 15.4. The number of amides is 2. The number of rotatable bonds is 8. The third-order valence-electron chi connectivity index (χ3n) is 4.80. The Balaban J connectivity index is 0.00000280. The van der Waals surface area contributed by atoms with Crippen LogP contribution in [0.2, 0.25) is 0 Å². The molecule has 3 N–H and O–H groups in total. The highest BCUT2D eigenvalue weighted by Gasteiger charge is 2.20. The van der Waals surface area contributed by atoms with Crippen LogP contribution < -0.4 is 16.0 Å². The van der Waals surface area contributed by atoms with Gasteiger partial charge >= 0.3 is 0 Å². The minimum atomic E-state index is -0.498. The molecule has 2 aromatic carbocycles. The Morgan fingerprint density at radius 1 is 1.04 bits per heavy atom. The highest BCUT2D eigenvalue weighted by atomic mass is 35.5. The number of halogens is 1. The maximum Gasteiger partial charge on any atom is 0.242 e. The van der Waals surface area contributed by atoms with Crippen LogP contribution in [0.25, 0.3) is 0 Å². The van der Waals surface area contributed by atoms with Crippen molar-refractivity contribution in [2.45, 2.75) is 51.9 Å². The van der Waals surface area contributed by atoms with Crippen molar-refractivity contribution in [2.75, 3.05) is 0 Å². The third kappa shape index (κ3) is 6.08. The Labute approximate surface area is 172 Å². The average molecular weight is 402 g/mol. The summed E-state index contributed by atoms with van der Waals surface area (Å²) in [5.74, 6) is -0.254. The van der Waals surface area contributed by atoms with E-state index in [0.29, 0.717) is 13.0 Å². The van der Waals surface area contributed by atoms with Crippen LogP contribution >= 0.6 is 12.4 Å².